The minimum absolute atomic E-state index is 0.0732. The molecule has 0 spiro atoms. The van der Waals surface area contributed by atoms with Gasteiger partial charge in [0.25, 0.3) is 0 Å². The Morgan fingerprint density at radius 2 is 1.72 bits per heavy atom. The zero-order valence-electron chi connectivity index (χ0n) is 26.4. The Morgan fingerprint density at radius 1 is 0.913 bits per heavy atom. The van der Waals surface area contributed by atoms with Gasteiger partial charge in [-0.2, -0.15) is 0 Å². The molecule has 4 aliphatic carbocycles. The van der Waals surface area contributed by atoms with Gasteiger partial charge < -0.3 is 54.3 Å². The van der Waals surface area contributed by atoms with E-state index in [1.165, 1.54) is 11.1 Å². The largest absolute Gasteiger partial charge is 0.458 e. The number of carbonyl (C=O) groups excluding carboxylic acids is 1. The average molecular weight is 649 g/mol. The van der Waals surface area contributed by atoms with Crippen LogP contribution in [0.3, 0.4) is 0 Å². The Labute approximate surface area is 268 Å². The second-order valence-corrected chi connectivity index (χ2v) is 14.9. The monoisotopic (exact) mass is 648 g/mol. The summed E-state index contributed by atoms with van der Waals surface area (Å²) in [5.74, 6) is 1.14. The van der Waals surface area contributed by atoms with E-state index in [1.807, 2.05) is 0 Å². The number of hydrogen-bond acceptors (Lipinski definition) is 12. The first-order valence-corrected chi connectivity index (χ1v) is 16.8. The lowest BCUT2D eigenvalue weighted by Gasteiger charge is -2.59. The first-order chi connectivity index (χ1) is 21.9. The summed E-state index contributed by atoms with van der Waals surface area (Å²) in [5.41, 5.74) is 3.76. The van der Waals surface area contributed by atoms with Crippen LogP contribution in [0.1, 0.15) is 58.8 Å². The molecule has 46 heavy (non-hydrogen) atoms. The summed E-state index contributed by atoms with van der Waals surface area (Å²) in [6.07, 6.45) is 0.280. The molecule has 0 aromatic heterocycles. The molecule has 3 aliphatic heterocycles. The number of aliphatic hydroxyl groups is 6. The second-order valence-electron chi connectivity index (χ2n) is 14.9. The number of allylic oxidation sites excluding steroid dienone is 3. The molecule has 0 aromatic rings. The van der Waals surface area contributed by atoms with Crippen LogP contribution >= 0.6 is 0 Å². The van der Waals surface area contributed by atoms with Gasteiger partial charge in [-0.25, -0.2) is 4.79 Å². The molecule has 256 valence electrons. The van der Waals surface area contributed by atoms with Crippen LogP contribution in [0.25, 0.3) is 0 Å². The predicted octanol–water partition coefficient (Wildman–Crippen LogP) is 0.617. The molecule has 5 fully saturated rings. The van der Waals surface area contributed by atoms with E-state index in [1.54, 1.807) is 6.08 Å². The van der Waals surface area contributed by atoms with Gasteiger partial charge in [0.05, 0.1) is 19.3 Å². The molecule has 2 saturated heterocycles. The van der Waals surface area contributed by atoms with Crippen LogP contribution in [-0.4, -0.2) is 118 Å². The van der Waals surface area contributed by atoms with Crippen LogP contribution in [0.2, 0.25) is 0 Å². The van der Waals surface area contributed by atoms with Crippen molar-refractivity contribution in [2.75, 3.05) is 19.8 Å². The normalized spacial score (nSPS) is 50.5. The lowest BCUT2D eigenvalue weighted by molar-refractivity contribution is -0.364. The fraction of sp³-hybridized carbons (Fsp3) is 0.794. The zero-order valence-corrected chi connectivity index (χ0v) is 26.4. The Morgan fingerprint density at radius 3 is 2.46 bits per heavy atom. The van der Waals surface area contributed by atoms with Gasteiger partial charge in [0.15, 0.2) is 12.6 Å². The summed E-state index contributed by atoms with van der Waals surface area (Å²) >= 11 is 0. The van der Waals surface area contributed by atoms with Gasteiger partial charge in [-0.15, -0.1) is 0 Å². The number of esters is 1. The number of rotatable bonds is 6. The van der Waals surface area contributed by atoms with Crippen molar-refractivity contribution in [2.24, 2.45) is 28.6 Å². The lowest BCUT2D eigenvalue weighted by Crippen LogP contribution is -2.63. The van der Waals surface area contributed by atoms with Crippen molar-refractivity contribution < 1.29 is 59.1 Å². The number of aliphatic hydroxyl groups excluding tert-OH is 6. The summed E-state index contributed by atoms with van der Waals surface area (Å²) in [4.78, 5) is 11.8. The van der Waals surface area contributed by atoms with Crippen molar-refractivity contribution in [3.63, 3.8) is 0 Å². The van der Waals surface area contributed by atoms with E-state index in [0.717, 1.165) is 50.5 Å². The van der Waals surface area contributed by atoms with Crippen molar-refractivity contribution in [1.29, 1.82) is 0 Å². The summed E-state index contributed by atoms with van der Waals surface area (Å²) in [6.45, 7) is 4.27. The number of carbonyl (C=O) groups is 1. The van der Waals surface area contributed by atoms with Crippen LogP contribution in [-0.2, 0) is 28.5 Å². The lowest BCUT2D eigenvalue weighted by atomic mass is 9.46. The third-order valence-electron chi connectivity index (χ3n) is 12.6. The number of ether oxygens (including phenoxy) is 5. The first-order valence-electron chi connectivity index (χ1n) is 16.8. The molecule has 6 N–H and O–H groups in total. The van der Waals surface area contributed by atoms with E-state index < -0.39 is 61.9 Å². The van der Waals surface area contributed by atoms with Crippen molar-refractivity contribution in [3.8, 4) is 0 Å². The van der Waals surface area contributed by atoms with Crippen LogP contribution < -0.4 is 0 Å². The van der Waals surface area contributed by atoms with Crippen molar-refractivity contribution in [2.45, 2.75) is 120 Å². The highest BCUT2D eigenvalue weighted by molar-refractivity contribution is 5.87. The topological polar surface area (TPSA) is 185 Å². The number of fused-ring (bicyclic) bond motifs is 5. The van der Waals surface area contributed by atoms with Crippen LogP contribution in [0.15, 0.2) is 34.9 Å². The Hall–Kier alpha value is -1.71. The Bertz CT molecular complexity index is 1280. The summed E-state index contributed by atoms with van der Waals surface area (Å²) in [6, 6.07) is 0. The van der Waals surface area contributed by atoms with Gasteiger partial charge in [-0.05, 0) is 73.7 Å². The molecule has 3 heterocycles. The summed E-state index contributed by atoms with van der Waals surface area (Å²) < 4.78 is 28.9. The number of cyclic esters (lactones) is 1. The van der Waals surface area contributed by atoms with E-state index in [9.17, 15) is 35.4 Å². The van der Waals surface area contributed by atoms with Crippen molar-refractivity contribution in [1.82, 2.24) is 0 Å². The van der Waals surface area contributed by atoms with Crippen molar-refractivity contribution >= 4 is 5.97 Å². The molecular weight excluding hydrogens is 600 g/mol. The Kier molecular flexibility index (Phi) is 8.79. The van der Waals surface area contributed by atoms with E-state index in [-0.39, 0.29) is 29.5 Å². The van der Waals surface area contributed by atoms with Gasteiger partial charge in [-0.1, -0.05) is 31.6 Å². The fourth-order valence-electron chi connectivity index (χ4n) is 9.88. The fourth-order valence-corrected chi connectivity index (χ4v) is 9.88. The molecule has 7 aliphatic rings. The highest BCUT2D eigenvalue weighted by atomic mass is 16.8. The maximum absolute atomic E-state index is 11.8. The van der Waals surface area contributed by atoms with E-state index in [0.29, 0.717) is 24.4 Å². The van der Waals surface area contributed by atoms with E-state index >= 15 is 0 Å². The number of hydrogen-bond donors (Lipinski definition) is 6. The van der Waals surface area contributed by atoms with E-state index in [4.69, 9.17) is 23.7 Å². The summed E-state index contributed by atoms with van der Waals surface area (Å²) in [5, 5.41) is 61.8. The SMILES string of the molecule is CC12CCC3C(CCC4CC(OC5OC(CO)C(O)C(O)C5OC5OCC(O)C(O)C5O)CCC43C)C1=CC=C2C1=CC(=O)OC1. The van der Waals surface area contributed by atoms with Crippen LogP contribution in [0.5, 0.6) is 0 Å². The third kappa shape index (κ3) is 5.33. The molecule has 0 amide bonds. The highest BCUT2D eigenvalue weighted by Gasteiger charge is 2.58. The molecule has 3 saturated carbocycles. The molecule has 15 atom stereocenters. The van der Waals surface area contributed by atoms with Gasteiger partial charge in [0, 0.05) is 17.1 Å². The zero-order chi connectivity index (χ0) is 32.5. The highest BCUT2D eigenvalue weighted by Crippen LogP contribution is 2.66. The average Bonchev–Trinajstić information content (AvgIpc) is 3.62. The predicted molar refractivity (Wildman–Crippen MR) is 159 cm³/mol. The smallest absolute Gasteiger partial charge is 0.331 e. The third-order valence-corrected chi connectivity index (χ3v) is 12.6. The molecule has 12 heteroatoms. The molecule has 12 nitrogen and oxygen atoms in total. The molecule has 0 aromatic carbocycles. The first kappa shape index (κ1) is 32.8. The Balaban J connectivity index is 1.03. The summed E-state index contributed by atoms with van der Waals surface area (Å²) in [7, 11) is 0. The van der Waals surface area contributed by atoms with Crippen LogP contribution in [0, 0.1) is 28.6 Å². The standard InChI is InChI=1S/C34H48O12/c1-33-9-7-18(44-32-30(28(40)27(39)24(13-35)45-32)46-31-29(41)26(38)23(36)15-43-31)12-17(33)3-4-19-21-6-5-20(16-11-25(37)42-14-16)34(21,2)10-8-22(19)33/h5-6,11,17-19,22-24,26-32,35-36,38-41H,3-4,7-10,12-15H2,1-2H3. The van der Waals surface area contributed by atoms with Gasteiger partial charge >= 0.3 is 5.97 Å². The molecule has 0 radical (unpaired) electrons. The van der Waals surface area contributed by atoms with E-state index in [2.05, 4.69) is 26.0 Å². The molecule has 15 unspecified atom stereocenters. The van der Waals surface area contributed by atoms with Gasteiger partial charge in [0.1, 0.15) is 49.3 Å². The minimum atomic E-state index is -1.60. The van der Waals surface area contributed by atoms with Gasteiger partial charge in [-0.3, -0.25) is 0 Å². The van der Waals surface area contributed by atoms with Crippen molar-refractivity contribution in [3.05, 3.63) is 34.9 Å². The maximum atomic E-state index is 11.8. The molecular formula is C34H48O12. The maximum Gasteiger partial charge on any atom is 0.331 e. The quantitative estimate of drug-likeness (QED) is 0.175. The minimum Gasteiger partial charge on any atom is -0.458 e. The molecule has 7 rings (SSSR count). The van der Waals surface area contributed by atoms with Gasteiger partial charge in [0.2, 0.25) is 0 Å². The second kappa shape index (κ2) is 12.3. The van der Waals surface area contributed by atoms with Crippen LogP contribution in [0.4, 0.5) is 0 Å². The molecule has 0 bridgehead atoms.